The van der Waals surface area contributed by atoms with E-state index in [1.54, 1.807) is 25.7 Å². The third-order valence-electron chi connectivity index (χ3n) is 12.8. The number of rotatable bonds is 14. The minimum Gasteiger partial charge on any atom is -0.332 e. The molecule has 3 amide bonds. The van der Waals surface area contributed by atoms with Crippen molar-refractivity contribution in [2.45, 2.75) is 167 Å². The highest BCUT2D eigenvalue weighted by atomic mass is 32.2. The van der Waals surface area contributed by atoms with Crippen molar-refractivity contribution in [1.29, 1.82) is 0 Å². The van der Waals surface area contributed by atoms with Gasteiger partial charge in [0.05, 0.1) is 22.1 Å². The molecule has 282 valence electrons. The van der Waals surface area contributed by atoms with Gasteiger partial charge in [-0.05, 0) is 107 Å². The van der Waals surface area contributed by atoms with E-state index < -0.39 is 55.4 Å². The molecule has 10 nitrogen and oxygen atoms in total. The highest BCUT2D eigenvalue weighted by Gasteiger charge is 2.64. The summed E-state index contributed by atoms with van der Waals surface area (Å²) in [6.45, 7) is 13.1. The van der Waals surface area contributed by atoms with Crippen molar-refractivity contribution in [3.05, 3.63) is 0 Å². The fourth-order valence-electron chi connectivity index (χ4n) is 9.27. The molecule has 5 aliphatic rings. The summed E-state index contributed by atoms with van der Waals surface area (Å²) in [7, 11) is -3.55. The second-order valence-electron chi connectivity index (χ2n) is 18.8. The number of carbonyl (C=O) groups excluding carboxylic acids is 5. The molecule has 2 N–H and O–H groups in total. The molecule has 5 rings (SSSR count). The van der Waals surface area contributed by atoms with Crippen molar-refractivity contribution in [2.24, 2.45) is 34.5 Å². The first kappa shape index (κ1) is 38.9. The molecule has 50 heavy (non-hydrogen) atoms. The summed E-state index contributed by atoms with van der Waals surface area (Å²) in [6.07, 6.45) is 11.0. The Morgan fingerprint density at radius 1 is 0.880 bits per heavy atom. The third kappa shape index (κ3) is 8.33. The van der Waals surface area contributed by atoms with Gasteiger partial charge in [0.15, 0.2) is 21.4 Å². The normalized spacial score (nSPS) is 26.9. The lowest BCUT2D eigenvalue weighted by Crippen LogP contribution is -2.63. The fourth-order valence-corrected chi connectivity index (χ4v) is 10.8. The van der Waals surface area contributed by atoms with Gasteiger partial charge in [0.1, 0.15) is 6.04 Å². The van der Waals surface area contributed by atoms with E-state index in [1.807, 2.05) is 27.7 Å². The Morgan fingerprint density at radius 3 is 2.06 bits per heavy atom. The van der Waals surface area contributed by atoms with E-state index in [1.165, 1.54) is 0 Å². The van der Waals surface area contributed by atoms with E-state index in [0.717, 1.165) is 57.8 Å². The van der Waals surface area contributed by atoms with Crippen molar-refractivity contribution >= 4 is 39.1 Å². The van der Waals surface area contributed by atoms with Crippen LogP contribution in [0.3, 0.4) is 0 Å². The van der Waals surface area contributed by atoms with Gasteiger partial charge in [0, 0.05) is 25.3 Å². The first-order valence-corrected chi connectivity index (χ1v) is 21.1. The molecule has 1 aliphatic heterocycles. The molecule has 5 fully saturated rings. The van der Waals surface area contributed by atoms with E-state index in [2.05, 4.69) is 10.6 Å². The lowest BCUT2D eigenvalue weighted by Gasteiger charge is -2.41. The van der Waals surface area contributed by atoms with E-state index >= 15 is 0 Å². The van der Waals surface area contributed by atoms with E-state index in [0.29, 0.717) is 32.2 Å². The van der Waals surface area contributed by atoms with Crippen LogP contribution >= 0.6 is 0 Å². The van der Waals surface area contributed by atoms with Crippen molar-refractivity contribution in [2.75, 3.05) is 12.3 Å². The molecular weight excluding hydrogens is 655 g/mol. The van der Waals surface area contributed by atoms with Crippen molar-refractivity contribution in [1.82, 2.24) is 15.5 Å². The molecule has 0 aromatic carbocycles. The largest absolute Gasteiger partial charge is 0.332 e. The number of sulfone groups is 1. The Hall–Kier alpha value is -2.30. The predicted molar refractivity (Wildman–Crippen MR) is 193 cm³/mol. The Labute approximate surface area is 300 Å². The first-order valence-electron chi connectivity index (χ1n) is 19.4. The van der Waals surface area contributed by atoms with Gasteiger partial charge >= 0.3 is 6.03 Å². The number of amides is 3. The number of ketones is 3. The van der Waals surface area contributed by atoms with Gasteiger partial charge in [0.2, 0.25) is 11.7 Å². The Bertz CT molecular complexity index is 1440. The third-order valence-corrected chi connectivity index (χ3v) is 15.6. The number of nitrogens with zero attached hydrogens (tertiary/aromatic N) is 1. The van der Waals surface area contributed by atoms with E-state index in [-0.39, 0.29) is 59.2 Å². The molecule has 0 aromatic heterocycles. The topological polar surface area (TPSA) is 147 Å². The zero-order valence-electron chi connectivity index (χ0n) is 31.7. The number of likely N-dealkylation sites (tertiary alicyclic amines) is 1. The molecule has 11 heteroatoms. The first-order chi connectivity index (χ1) is 23.2. The Kier molecular flexibility index (Phi) is 11.1. The van der Waals surface area contributed by atoms with E-state index in [4.69, 9.17) is 0 Å². The summed E-state index contributed by atoms with van der Waals surface area (Å²) in [5.41, 5.74) is -1.49. The van der Waals surface area contributed by atoms with Crippen LogP contribution in [0.4, 0.5) is 4.79 Å². The van der Waals surface area contributed by atoms with Crippen molar-refractivity contribution in [3.8, 4) is 0 Å². The van der Waals surface area contributed by atoms with E-state index in [9.17, 15) is 32.4 Å². The predicted octanol–water partition coefficient (Wildman–Crippen LogP) is 5.95. The van der Waals surface area contributed by atoms with Crippen molar-refractivity contribution in [3.63, 3.8) is 0 Å². The summed E-state index contributed by atoms with van der Waals surface area (Å²) >= 11 is 0. The molecule has 1 heterocycles. The lowest BCUT2D eigenvalue weighted by atomic mass is 9.82. The maximum atomic E-state index is 14.7. The van der Waals surface area contributed by atoms with Gasteiger partial charge in [-0.2, -0.15) is 0 Å². The van der Waals surface area contributed by atoms with Crippen LogP contribution in [0.1, 0.15) is 145 Å². The standard InChI is InChI=1S/C39H63N3O7S/c1-8-12-26(32(45)30(44)21-25-13-14-25)22-29(43)31-27-15-18-38(19-20-38)28(27)23-42(31)34(46)33(36(2,3)4)40-35(47)41-39(16-10-9-11-17-39)24-50(48,49)37(5,6)7/h25-28,31,33H,8-24H2,1-7H3,(H2,40,41,47)/t26?,27-,28-,31-,33+/m0/s1. The van der Waals surface area contributed by atoms with Crippen molar-refractivity contribution < 1.29 is 32.4 Å². The number of fused-ring (bicyclic) bond motifs is 2. The highest BCUT2D eigenvalue weighted by Crippen LogP contribution is 2.66. The van der Waals surface area contributed by atoms with Gasteiger partial charge in [-0.3, -0.25) is 19.2 Å². The summed E-state index contributed by atoms with van der Waals surface area (Å²) in [6, 6.07) is -2.25. The number of hydrogen-bond donors (Lipinski definition) is 2. The second-order valence-corrected chi connectivity index (χ2v) is 21.6. The number of hydrogen-bond acceptors (Lipinski definition) is 7. The molecule has 0 aromatic rings. The highest BCUT2D eigenvalue weighted by molar-refractivity contribution is 7.92. The summed E-state index contributed by atoms with van der Waals surface area (Å²) in [5, 5.41) is 6.01. The number of urea groups is 1. The molecule has 1 spiro atoms. The second kappa shape index (κ2) is 14.3. The number of Topliss-reactive ketones (excluding diaryl/α,β-unsaturated/α-hetero) is 3. The van der Waals surface area contributed by atoms with Crippen LogP contribution in [-0.2, 0) is 29.0 Å². The Balaban J connectivity index is 1.37. The van der Waals surface area contributed by atoms with Crippen LogP contribution in [0.15, 0.2) is 0 Å². The molecule has 1 saturated heterocycles. The van der Waals surface area contributed by atoms with Crippen LogP contribution < -0.4 is 10.6 Å². The van der Waals surface area contributed by atoms with Crippen LogP contribution in [-0.4, -0.2) is 77.3 Å². The Morgan fingerprint density at radius 2 is 1.52 bits per heavy atom. The minimum atomic E-state index is -3.55. The monoisotopic (exact) mass is 717 g/mol. The average molecular weight is 718 g/mol. The molecule has 0 radical (unpaired) electrons. The smallest absolute Gasteiger partial charge is 0.315 e. The van der Waals surface area contributed by atoms with Crippen LogP contribution in [0.2, 0.25) is 0 Å². The van der Waals surface area contributed by atoms with Gasteiger partial charge in [0.25, 0.3) is 0 Å². The molecule has 1 unspecified atom stereocenters. The molecule has 5 atom stereocenters. The molecule has 0 bridgehead atoms. The number of nitrogens with one attached hydrogen (secondary N) is 2. The van der Waals surface area contributed by atoms with Gasteiger partial charge in [-0.25, -0.2) is 13.2 Å². The number of carbonyl (C=O) groups is 5. The van der Waals surface area contributed by atoms with Crippen LogP contribution in [0.25, 0.3) is 0 Å². The van der Waals surface area contributed by atoms with Gasteiger partial charge in [-0.15, -0.1) is 0 Å². The quantitative estimate of drug-likeness (QED) is 0.211. The summed E-state index contributed by atoms with van der Waals surface area (Å²) < 4.78 is 25.8. The summed E-state index contributed by atoms with van der Waals surface area (Å²) in [5.74, 6) is -1.65. The minimum absolute atomic E-state index is 0.00366. The van der Waals surface area contributed by atoms with Gasteiger partial charge in [-0.1, -0.05) is 53.4 Å². The maximum absolute atomic E-state index is 14.7. The van der Waals surface area contributed by atoms with Crippen LogP contribution in [0, 0.1) is 34.5 Å². The average Bonchev–Trinajstić information content (AvgIpc) is 3.92. The molecule has 4 aliphatic carbocycles. The fraction of sp³-hybridized carbons (Fsp3) is 0.872. The maximum Gasteiger partial charge on any atom is 0.315 e. The van der Waals surface area contributed by atoms with Gasteiger partial charge < -0.3 is 15.5 Å². The SMILES string of the molecule is CCCC(CC(=O)[C@@H]1[C@H]2CCC3(CC3)[C@H]2CN1C(=O)[C@@H](NC(=O)NC1(CS(=O)(=O)C(C)(C)C)CCCCC1)C(C)(C)C)C(=O)C(=O)CC1CC1. The zero-order valence-corrected chi connectivity index (χ0v) is 32.5. The van der Waals surface area contributed by atoms with Crippen LogP contribution in [0.5, 0.6) is 0 Å². The zero-order chi connectivity index (χ0) is 36.9. The molecular formula is C39H63N3O7S. The lowest BCUT2D eigenvalue weighted by molar-refractivity contribution is -0.144. The molecule has 4 saturated carbocycles. The summed E-state index contributed by atoms with van der Waals surface area (Å²) in [4.78, 5) is 70.9.